The van der Waals surface area contributed by atoms with E-state index in [4.69, 9.17) is 14.2 Å². The molecule has 0 amide bonds. The molecular weight excluding hydrogens is 859 g/mol. The number of likely N-dealkylation sites (N-methyl/N-ethyl adjacent to an activating group) is 1. The Morgan fingerprint density at radius 1 is 0.449 bits per heavy atom. The summed E-state index contributed by atoms with van der Waals surface area (Å²) in [5, 5.41) is 11.7. The first-order valence-corrected chi connectivity index (χ1v) is 29.2. The van der Waals surface area contributed by atoms with E-state index in [2.05, 4.69) is 62.5 Å². The van der Waals surface area contributed by atoms with Crippen LogP contribution in [0.25, 0.3) is 0 Å². The Kier molecular flexibility index (Phi) is 49.6. The molecule has 0 bridgehead atoms. The lowest BCUT2D eigenvalue weighted by Gasteiger charge is -2.34. The third kappa shape index (κ3) is 50.0. The minimum Gasteiger partial charge on any atom is -0.544 e. The summed E-state index contributed by atoms with van der Waals surface area (Å²) in [5.74, 6) is -1.72. The van der Waals surface area contributed by atoms with Gasteiger partial charge in [-0.15, -0.1) is 0 Å². The molecule has 0 saturated heterocycles. The number of nitrogens with zero attached hydrogens (tertiary/aromatic N) is 1. The standard InChI is InChI=1S/C61H111NO7/c1-6-8-10-12-14-16-18-20-22-24-26-28-30-32-33-35-37-39-41-43-45-47-49-51-59(63)68-56-57(55-67-54-53-58(61(65)66)62(3,4)5)69-60(64)52-50-48-46-44-42-40-38-36-34-31-29-27-25-23-21-19-17-15-13-11-9-7-2/h8,10,14,16,20,22,26,28,57-58H,6-7,9,11-13,15,17-19,21,23-25,27,29-56H2,1-5H3/b10-8+,16-14+,22-20+,28-26+. The third-order valence-corrected chi connectivity index (χ3v) is 13.2. The zero-order valence-electron chi connectivity index (χ0n) is 46.0. The largest absolute Gasteiger partial charge is 0.544 e. The molecule has 2 atom stereocenters. The molecule has 0 aliphatic heterocycles. The zero-order chi connectivity index (χ0) is 50.6. The molecule has 402 valence electrons. The highest BCUT2D eigenvalue weighted by molar-refractivity contribution is 5.70. The minimum absolute atomic E-state index is 0.0422. The molecule has 8 nitrogen and oxygen atoms in total. The van der Waals surface area contributed by atoms with E-state index in [0.29, 0.717) is 12.8 Å². The second-order valence-corrected chi connectivity index (χ2v) is 20.9. The van der Waals surface area contributed by atoms with Gasteiger partial charge >= 0.3 is 11.9 Å². The van der Waals surface area contributed by atoms with Crippen LogP contribution < -0.4 is 5.11 Å². The molecule has 0 saturated carbocycles. The van der Waals surface area contributed by atoms with Crippen molar-refractivity contribution in [3.05, 3.63) is 48.6 Å². The van der Waals surface area contributed by atoms with Crippen LogP contribution in [0, 0.1) is 0 Å². The highest BCUT2D eigenvalue weighted by Gasteiger charge is 2.25. The molecule has 0 N–H and O–H groups in total. The van der Waals surface area contributed by atoms with Crippen molar-refractivity contribution >= 4 is 17.9 Å². The van der Waals surface area contributed by atoms with Gasteiger partial charge in [-0.3, -0.25) is 9.59 Å². The molecule has 0 heterocycles. The van der Waals surface area contributed by atoms with Gasteiger partial charge in [-0.25, -0.2) is 0 Å². The van der Waals surface area contributed by atoms with E-state index in [1.54, 1.807) is 0 Å². The number of carbonyl (C=O) groups excluding carboxylic acids is 3. The Balaban J connectivity index is 4.14. The summed E-state index contributed by atoms with van der Waals surface area (Å²) in [5.41, 5.74) is 0. The zero-order valence-corrected chi connectivity index (χ0v) is 46.0. The van der Waals surface area contributed by atoms with Gasteiger partial charge in [-0.2, -0.15) is 0 Å². The number of unbranched alkanes of at least 4 members (excludes halogenated alkanes) is 31. The van der Waals surface area contributed by atoms with Gasteiger partial charge in [-0.1, -0.05) is 249 Å². The summed E-state index contributed by atoms with van der Waals surface area (Å²) >= 11 is 0. The maximum absolute atomic E-state index is 12.8. The number of hydrogen-bond acceptors (Lipinski definition) is 7. The first-order chi connectivity index (χ1) is 33.6. The van der Waals surface area contributed by atoms with Crippen LogP contribution in [0.2, 0.25) is 0 Å². The Bertz CT molecular complexity index is 1270. The average Bonchev–Trinajstić information content (AvgIpc) is 3.31. The predicted molar refractivity (Wildman–Crippen MR) is 291 cm³/mol. The van der Waals surface area contributed by atoms with Gasteiger partial charge in [0.05, 0.1) is 40.3 Å². The average molecular weight is 971 g/mol. The Hall–Kier alpha value is -2.71. The van der Waals surface area contributed by atoms with Crippen molar-refractivity contribution < 1.29 is 38.2 Å². The maximum atomic E-state index is 12.8. The molecule has 0 aromatic rings. The number of carboxylic acid groups (broad SMARTS) is 1. The summed E-state index contributed by atoms with van der Waals surface area (Å²) in [6.45, 7) is 4.60. The van der Waals surface area contributed by atoms with Crippen molar-refractivity contribution in [2.45, 2.75) is 283 Å². The van der Waals surface area contributed by atoms with E-state index in [1.165, 1.54) is 173 Å². The Labute approximate surface area is 426 Å². The van der Waals surface area contributed by atoms with Gasteiger partial charge in [-0.05, 0) is 51.4 Å². The molecule has 0 aliphatic carbocycles. The molecule has 0 rings (SSSR count). The fraction of sp³-hybridized carbons (Fsp3) is 0.820. The van der Waals surface area contributed by atoms with Crippen molar-refractivity contribution in [2.75, 3.05) is 41.0 Å². The number of hydrogen-bond donors (Lipinski definition) is 0. The molecule has 0 aliphatic rings. The van der Waals surface area contributed by atoms with Crippen LogP contribution in [0.3, 0.4) is 0 Å². The van der Waals surface area contributed by atoms with Gasteiger partial charge in [0.25, 0.3) is 0 Å². The van der Waals surface area contributed by atoms with Crippen LogP contribution in [-0.4, -0.2) is 75.5 Å². The number of quaternary nitrogens is 1. The smallest absolute Gasteiger partial charge is 0.306 e. The van der Waals surface area contributed by atoms with Crippen molar-refractivity contribution in [3.8, 4) is 0 Å². The molecule has 0 radical (unpaired) electrons. The van der Waals surface area contributed by atoms with Crippen molar-refractivity contribution in [2.24, 2.45) is 0 Å². The van der Waals surface area contributed by atoms with E-state index in [1.807, 2.05) is 21.1 Å². The maximum Gasteiger partial charge on any atom is 0.306 e. The summed E-state index contributed by atoms with van der Waals surface area (Å²) in [4.78, 5) is 37.2. The van der Waals surface area contributed by atoms with Gasteiger partial charge in [0.2, 0.25) is 0 Å². The quantitative estimate of drug-likeness (QED) is 0.0259. The van der Waals surface area contributed by atoms with Crippen molar-refractivity contribution in [1.82, 2.24) is 0 Å². The lowest BCUT2D eigenvalue weighted by Crippen LogP contribution is -2.55. The van der Waals surface area contributed by atoms with Crippen LogP contribution in [0.1, 0.15) is 271 Å². The van der Waals surface area contributed by atoms with E-state index >= 15 is 0 Å². The van der Waals surface area contributed by atoms with Crippen molar-refractivity contribution in [3.63, 3.8) is 0 Å². The highest BCUT2D eigenvalue weighted by Crippen LogP contribution is 2.17. The van der Waals surface area contributed by atoms with Gasteiger partial charge < -0.3 is 28.6 Å². The molecule has 0 aromatic carbocycles. The second kappa shape index (κ2) is 51.6. The summed E-state index contributed by atoms with van der Waals surface area (Å²) < 4.78 is 17.3. The second-order valence-electron chi connectivity index (χ2n) is 20.9. The fourth-order valence-corrected chi connectivity index (χ4v) is 8.77. The molecule has 0 spiro atoms. The van der Waals surface area contributed by atoms with Gasteiger partial charge in [0, 0.05) is 19.3 Å². The van der Waals surface area contributed by atoms with Crippen LogP contribution in [-0.2, 0) is 28.6 Å². The summed E-state index contributed by atoms with van der Waals surface area (Å²) in [6.07, 6.45) is 64.4. The first kappa shape index (κ1) is 66.3. The minimum atomic E-state index is -1.12. The lowest BCUT2D eigenvalue weighted by atomic mass is 10.0. The summed E-state index contributed by atoms with van der Waals surface area (Å²) in [6, 6.07) is -0.727. The van der Waals surface area contributed by atoms with Crippen molar-refractivity contribution in [1.29, 1.82) is 0 Å². The van der Waals surface area contributed by atoms with E-state index in [-0.39, 0.29) is 42.7 Å². The number of allylic oxidation sites excluding steroid dienone is 8. The molecule has 69 heavy (non-hydrogen) atoms. The third-order valence-electron chi connectivity index (χ3n) is 13.2. The number of esters is 2. The fourth-order valence-electron chi connectivity index (χ4n) is 8.77. The monoisotopic (exact) mass is 970 g/mol. The molecular formula is C61H111NO7. The molecule has 0 aromatic heterocycles. The van der Waals surface area contributed by atoms with E-state index in [0.717, 1.165) is 64.2 Å². The Morgan fingerprint density at radius 2 is 0.812 bits per heavy atom. The molecule has 0 fully saturated rings. The van der Waals surface area contributed by atoms with E-state index < -0.39 is 18.1 Å². The molecule has 8 heteroatoms. The number of carbonyl (C=O) groups is 3. The predicted octanol–water partition coefficient (Wildman–Crippen LogP) is 16.2. The Morgan fingerprint density at radius 3 is 1.20 bits per heavy atom. The number of carboxylic acids is 1. The van der Waals surface area contributed by atoms with Crippen LogP contribution in [0.4, 0.5) is 0 Å². The van der Waals surface area contributed by atoms with Crippen LogP contribution >= 0.6 is 0 Å². The van der Waals surface area contributed by atoms with Crippen LogP contribution in [0.15, 0.2) is 48.6 Å². The van der Waals surface area contributed by atoms with Gasteiger partial charge in [0.15, 0.2) is 6.10 Å². The SMILES string of the molecule is CC/C=C/C/C=C/C/C=C/C/C=C/CCCCCCCCCCCCC(=O)OCC(COCCC(C(=O)[O-])[N+](C)(C)C)OC(=O)CCCCCCCCCCCCCCCCCCCCCCCC. The van der Waals surface area contributed by atoms with Crippen LogP contribution in [0.5, 0.6) is 0 Å². The highest BCUT2D eigenvalue weighted by atomic mass is 16.6. The number of ether oxygens (including phenoxy) is 3. The normalized spacial score (nSPS) is 13.1. The first-order valence-electron chi connectivity index (χ1n) is 29.2. The van der Waals surface area contributed by atoms with Gasteiger partial charge in [0.1, 0.15) is 12.6 Å². The summed E-state index contributed by atoms with van der Waals surface area (Å²) in [7, 11) is 5.43. The number of rotatable bonds is 53. The topological polar surface area (TPSA) is 102 Å². The lowest BCUT2D eigenvalue weighted by molar-refractivity contribution is -0.889. The van der Waals surface area contributed by atoms with E-state index in [9.17, 15) is 19.5 Å². The molecule has 2 unspecified atom stereocenters. The number of aliphatic carboxylic acids is 1.